The fraction of sp³-hybridized carbons (Fsp3) is 0.400. The normalized spacial score (nSPS) is 11.1. The summed E-state index contributed by atoms with van der Waals surface area (Å²) in [5.74, 6) is -0.0562. The highest BCUT2D eigenvalue weighted by molar-refractivity contribution is 6.30. The summed E-state index contributed by atoms with van der Waals surface area (Å²) in [6.07, 6.45) is 8.21. The molecule has 0 saturated carbocycles. The van der Waals surface area contributed by atoms with E-state index in [1.54, 1.807) is 6.07 Å². The lowest BCUT2D eigenvalue weighted by atomic mass is 9.96. The molecule has 0 aromatic heterocycles. The average molecular weight is 495 g/mol. The molecule has 0 spiro atoms. The quantitative estimate of drug-likeness (QED) is 0.144. The summed E-state index contributed by atoms with van der Waals surface area (Å²) in [7, 11) is 0. The van der Waals surface area contributed by atoms with Crippen molar-refractivity contribution in [1.29, 1.82) is 0 Å². The third kappa shape index (κ3) is 9.93. The summed E-state index contributed by atoms with van der Waals surface area (Å²) in [5, 5.41) is 28.2. The Morgan fingerprint density at radius 3 is 2.00 bits per heavy atom. The van der Waals surface area contributed by atoms with Crippen LogP contribution in [0.1, 0.15) is 47.9 Å². The first-order valence-corrected chi connectivity index (χ1v) is 13.2. The molecule has 0 heterocycles. The van der Waals surface area contributed by atoms with E-state index in [0.29, 0.717) is 11.4 Å². The Balaban J connectivity index is 1.27. The molecule has 0 aliphatic carbocycles. The maximum absolute atomic E-state index is 10.4. The fourth-order valence-corrected chi connectivity index (χ4v) is 4.56. The zero-order valence-corrected chi connectivity index (χ0v) is 21.4. The van der Waals surface area contributed by atoms with E-state index in [-0.39, 0.29) is 11.5 Å². The van der Waals surface area contributed by atoms with Gasteiger partial charge in [0.2, 0.25) is 0 Å². The molecule has 0 bridgehead atoms. The molecule has 0 saturated heterocycles. The largest absolute Gasteiger partial charge is 0.504 e. The van der Waals surface area contributed by atoms with Gasteiger partial charge >= 0.3 is 0 Å². The number of aromatic hydroxyl groups is 2. The van der Waals surface area contributed by atoms with Gasteiger partial charge in [0.05, 0.1) is 0 Å². The molecule has 0 aliphatic heterocycles. The van der Waals surface area contributed by atoms with Crippen molar-refractivity contribution in [2.75, 3.05) is 26.2 Å². The Morgan fingerprint density at radius 1 is 0.600 bits per heavy atom. The number of unbranched alkanes of at least 4 members (excludes halogenated alkanes) is 3. The molecule has 3 aromatic carbocycles. The smallest absolute Gasteiger partial charge is 0.160 e. The van der Waals surface area contributed by atoms with Crippen molar-refractivity contribution >= 4 is 11.6 Å². The van der Waals surface area contributed by atoms with Crippen molar-refractivity contribution in [1.82, 2.24) is 10.6 Å². The number of hydrogen-bond donors (Lipinski definition) is 4. The van der Waals surface area contributed by atoms with E-state index in [9.17, 15) is 10.2 Å². The average Bonchev–Trinajstić information content (AvgIpc) is 2.87. The van der Waals surface area contributed by atoms with Gasteiger partial charge in [-0.25, -0.2) is 0 Å². The van der Waals surface area contributed by atoms with Gasteiger partial charge in [-0.3, -0.25) is 0 Å². The van der Waals surface area contributed by atoms with Crippen LogP contribution in [0.4, 0.5) is 0 Å². The Kier molecular flexibility index (Phi) is 12.0. The molecule has 0 atom stereocenters. The first kappa shape index (κ1) is 27.1. The van der Waals surface area contributed by atoms with Gasteiger partial charge in [-0.1, -0.05) is 73.0 Å². The molecule has 3 rings (SSSR count). The van der Waals surface area contributed by atoms with Gasteiger partial charge in [0, 0.05) is 10.6 Å². The van der Waals surface area contributed by atoms with Gasteiger partial charge in [-0.05, 0) is 99.6 Å². The molecular formula is C30H39ClN2O2. The molecule has 0 unspecified atom stereocenters. The third-order valence-electron chi connectivity index (χ3n) is 6.37. The number of nitrogens with one attached hydrogen (secondary N) is 2. The summed E-state index contributed by atoms with van der Waals surface area (Å²) < 4.78 is 0. The van der Waals surface area contributed by atoms with Gasteiger partial charge in [0.25, 0.3) is 0 Å². The summed E-state index contributed by atoms with van der Waals surface area (Å²) >= 11 is 6.09. The third-order valence-corrected chi connectivity index (χ3v) is 6.61. The molecule has 3 aromatic rings. The molecule has 0 amide bonds. The number of phenolic OH excluding ortho intramolecular Hbond substituents is 2. The van der Waals surface area contributed by atoms with E-state index in [1.165, 1.54) is 31.2 Å². The number of benzene rings is 3. The van der Waals surface area contributed by atoms with Crippen molar-refractivity contribution in [3.63, 3.8) is 0 Å². The molecule has 5 heteroatoms. The van der Waals surface area contributed by atoms with Crippen molar-refractivity contribution < 1.29 is 10.2 Å². The van der Waals surface area contributed by atoms with E-state index in [0.717, 1.165) is 62.1 Å². The SMILES string of the molecule is Oc1ccc(CCNCCCCCCNCCc2ccccc2)c(CCc2cccc(Cl)c2)c1O. The Morgan fingerprint density at radius 2 is 1.29 bits per heavy atom. The second kappa shape index (κ2) is 15.5. The van der Waals surface area contributed by atoms with Gasteiger partial charge < -0.3 is 20.8 Å². The molecule has 4 nitrogen and oxygen atoms in total. The van der Waals surface area contributed by atoms with Gasteiger partial charge in [0.15, 0.2) is 11.5 Å². The molecule has 4 N–H and O–H groups in total. The van der Waals surface area contributed by atoms with E-state index in [1.807, 2.05) is 30.3 Å². The van der Waals surface area contributed by atoms with Crippen molar-refractivity contribution in [3.05, 3.63) is 94.0 Å². The van der Waals surface area contributed by atoms with Crippen LogP contribution in [-0.4, -0.2) is 36.4 Å². The fourth-order valence-electron chi connectivity index (χ4n) is 4.34. The van der Waals surface area contributed by atoms with E-state index in [2.05, 4.69) is 41.0 Å². The summed E-state index contributed by atoms with van der Waals surface area (Å²) in [4.78, 5) is 0. The van der Waals surface area contributed by atoms with Crippen molar-refractivity contribution in [3.8, 4) is 11.5 Å². The minimum Gasteiger partial charge on any atom is -0.504 e. The number of phenols is 2. The van der Waals surface area contributed by atoms with Crippen molar-refractivity contribution in [2.24, 2.45) is 0 Å². The zero-order valence-electron chi connectivity index (χ0n) is 20.6. The highest BCUT2D eigenvalue weighted by atomic mass is 35.5. The number of aryl methyl sites for hydroxylation is 1. The Hall–Kier alpha value is -2.53. The Bertz CT molecular complexity index is 1010. The van der Waals surface area contributed by atoms with Crippen LogP contribution in [0.2, 0.25) is 5.02 Å². The molecule has 0 radical (unpaired) electrons. The van der Waals surface area contributed by atoms with Gasteiger partial charge in [-0.15, -0.1) is 0 Å². The number of hydrogen-bond acceptors (Lipinski definition) is 4. The van der Waals surface area contributed by atoms with E-state index in [4.69, 9.17) is 11.6 Å². The minimum absolute atomic E-state index is 0.00176. The monoisotopic (exact) mass is 494 g/mol. The standard InChI is InChI=1S/C30H39ClN2O2/c31-27-12-8-11-25(23-27)13-15-28-26(14-16-29(34)30(28)35)18-22-33-20-7-2-1-6-19-32-21-17-24-9-4-3-5-10-24/h3-5,8-12,14,16,23,32-35H,1-2,6-7,13,15,17-22H2. The van der Waals surface area contributed by atoms with Crippen LogP contribution in [0.25, 0.3) is 0 Å². The number of rotatable bonds is 16. The Labute approximate surface area is 215 Å². The number of halogens is 1. The van der Waals surface area contributed by atoms with Crippen LogP contribution in [0.15, 0.2) is 66.7 Å². The first-order chi connectivity index (χ1) is 17.1. The highest BCUT2D eigenvalue weighted by Gasteiger charge is 2.12. The maximum Gasteiger partial charge on any atom is 0.160 e. The molecule has 0 fully saturated rings. The van der Waals surface area contributed by atoms with Crippen LogP contribution >= 0.6 is 11.6 Å². The highest BCUT2D eigenvalue weighted by Crippen LogP contribution is 2.32. The lowest BCUT2D eigenvalue weighted by molar-refractivity contribution is 0.398. The minimum atomic E-state index is -0.0580. The van der Waals surface area contributed by atoms with Crippen LogP contribution < -0.4 is 10.6 Å². The molecule has 0 aliphatic rings. The zero-order chi connectivity index (χ0) is 24.7. The van der Waals surface area contributed by atoms with Crippen LogP contribution in [0, 0.1) is 0 Å². The first-order valence-electron chi connectivity index (χ1n) is 12.9. The lowest BCUT2D eigenvalue weighted by Crippen LogP contribution is -2.20. The summed E-state index contributed by atoms with van der Waals surface area (Å²) in [6, 6.07) is 21.9. The molecule has 188 valence electrons. The van der Waals surface area contributed by atoms with Crippen LogP contribution in [-0.2, 0) is 25.7 Å². The second-order valence-electron chi connectivity index (χ2n) is 9.10. The second-order valence-corrected chi connectivity index (χ2v) is 9.54. The van der Waals surface area contributed by atoms with Gasteiger partial charge in [0.1, 0.15) is 0 Å². The molecular weight excluding hydrogens is 456 g/mol. The van der Waals surface area contributed by atoms with Crippen LogP contribution in [0.5, 0.6) is 11.5 Å². The summed E-state index contributed by atoms with van der Waals surface area (Å²) in [6.45, 7) is 3.99. The van der Waals surface area contributed by atoms with Crippen LogP contribution in [0.3, 0.4) is 0 Å². The van der Waals surface area contributed by atoms with Crippen molar-refractivity contribution in [2.45, 2.75) is 51.4 Å². The van der Waals surface area contributed by atoms with E-state index >= 15 is 0 Å². The predicted octanol–water partition coefficient (Wildman–Crippen LogP) is 6.06. The maximum atomic E-state index is 10.4. The summed E-state index contributed by atoms with van der Waals surface area (Å²) in [5.41, 5.74) is 4.42. The molecule has 35 heavy (non-hydrogen) atoms. The van der Waals surface area contributed by atoms with Gasteiger partial charge in [-0.2, -0.15) is 0 Å². The van der Waals surface area contributed by atoms with E-state index < -0.39 is 0 Å². The topological polar surface area (TPSA) is 64.5 Å². The lowest BCUT2D eigenvalue weighted by Gasteiger charge is -2.14. The predicted molar refractivity (Wildman–Crippen MR) is 147 cm³/mol.